The van der Waals surface area contributed by atoms with Gasteiger partial charge in [0.15, 0.2) is 11.2 Å². The Hall–Kier alpha value is -4.13. The Morgan fingerprint density at radius 3 is 2.48 bits per heavy atom. The van der Waals surface area contributed by atoms with Crippen LogP contribution in [0.4, 0.5) is 5.82 Å². The second-order valence-electron chi connectivity index (χ2n) is 7.85. The summed E-state index contributed by atoms with van der Waals surface area (Å²) in [5, 5.41) is 0.338. The summed E-state index contributed by atoms with van der Waals surface area (Å²) in [7, 11) is 0. The molecule has 5 rings (SSSR count). The third-order valence-corrected chi connectivity index (χ3v) is 5.70. The van der Waals surface area contributed by atoms with E-state index in [0.29, 0.717) is 49.5 Å². The van der Waals surface area contributed by atoms with E-state index in [1.54, 1.807) is 29.3 Å². The minimum Gasteiger partial charge on any atom is -0.488 e. The van der Waals surface area contributed by atoms with Crippen LogP contribution in [0.3, 0.4) is 0 Å². The van der Waals surface area contributed by atoms with Crippen LogP contribution >= 0.6 is 0 Å². The van der Waals surface area contributed by atoms with Gasteiger partial charge in [0, 0.05) is 38.4 Å². The molecule has 1 saturated heterocycles. The molecule has 1 fully saturated rings. The number of ether oxygens (including phenoxy) is 1. The molecule has 0 saturated carbocycles. The molecule has 0 aliphatic carbocycles. The van der Waals surface area contributed by atoms with Gasteiger partial charge in [-0.25, -0.2) is 4.98 Å². The van der Waals surface area contributed by atoms with Crippen LogP contribution in [0.25, 0.3) is 11.0 Å². The molecule has 4 aromatic rings. The first-order valence-electron chi connectivity index (χ1n) is 10.9. The molecule has 3 heterocycles. The molecule has 1 aliphatic rings. The minimum absolute atomic E-state index is 0.0407. The maximum Gasteiger partial charge on any atom is 0.289 e. The van der Waals surface area contributed by atoms with Crippen molar-refractivity contribution in [2.75, 3.05) is 31.1 Å². The van der Waals surface area contributed by atoms with Gasteiger partial charge in [-0.1, -0.05) is 42.5 Å². The van der Waals surface area contributed by atoms with Crippen molar-refractivity contribution in [2.45, 2.75) is 6.61 Å². The maximum absolute atomic E-state index is 13.1. The highest BCUT2D eigenvalue weighted by Crippen LogP contribution is 2.25. The minimum atomic E-state index is -0.296. The van der Waals surface area contributed by atoms with E-state index in [1.807, 2.05) is 48.5 Å². The van der Waals surface area contributed by atoms with E-state index in [2.05, 4.69) is 9.88 Å². The van der Waals surface area contributed by atoms with Crippen LogP contribution in [0.5, 0.6) is 5.75 Å². The molecule has 166 valence electrons. The highest BCUT2D eigenvalue weighted by Gasteiger charge is 2.25. The zero-order valence-electron chi connectivity index (χ0n) is 18.0. The van der Waals surface area contributed by atoms with E-state index in [4.69, 9.17) is 9.15 Å². The van der Waals surface area contributed by atoms with Crippen LogP contribution in [-0.2, 0) is 6.61 Å². The third kappa shape index (κ3) is 4.43. The second-order valence-corrected chi connectivity index (χ2v) is 7.85. The Morgan fingerprint density at radius 1 is 0.939 bits per heavy atom. The van der Waals surface area contributed by atoms with Gasteiger partial charge in [0.1, 0.15) is 29.1 Å². The number of fused-ring (bicyclic) bond motifs is 1. The lowest BCUT2D eigenvalue weighted by atomic mass is 10.2. The molecule has 0 atom stereocenters. The van der Waals surface area contributed by atoms with Crippen molar-refractivity contribution in [2.24, 2.45) is 0 Å². The Bertz CT molecular complexity index is 1310. The van der Waals surface area contributed by atoms with Gasteiger partial charge in [-0.3, -0.25) is 9.59 Å². The molecule has 0 unspecified atom stereocenters. The van der Waals surface area contributed by atoms with Crippen molar-refractivity contribution >= 4 is 22.7 Å². The summed E-state index contributed by atoms with van der Waals surface area (Å²) in [4.78, 5) is 34.2. The smallest absolute Gasteiger partial charge is 0.289 e. The van der Waals surface area contributed by atoms with Crippen molar-refractivity contribution in [1.29, 1.82) is 0 Å². The van der Waals surface area contributed by atoms with Crippen LogP contribution in [0.1, 0.15) is 16.1 Å². The Kier molecular flexibility index (Phi) is 5.76. The summed E-state index contributed by atoms with van der Waals surface area (Å²) in [6.07, 6.45) is 1.76. The molecule has 7 heteroatoms. The van der Waals surface area contributed by atoms with Gasteiger partial charge in [0.05, 0.1) is 0 Å². The molecule has 0 radical (unpaired) electrons. The number of pyridine rings is 1. The maximum atomic E-state index is 13.1. The molecular weight excluding hydrogens is 418 g/mol. The molecule has 0 N–H and O–H groups in total. The molecule has 7 nitrogen and oxygen atoms in total. The molecule has 2 aromatic heterocycles. The number of carbonyl (C=O) groups excluding carboxylic acids is 1. The first-order valence-corrected chi connectivity index (χ1v) is 10.9. The highest BCUT2D eigenvalue weighted by molar-refractivity contribution is 5.94. The number of rotatable bonds is 5. The monoisotopic (exact) mass is 441 g/mol. The number of aromatic nitrogens is 1. The number of anilines is 1. The van der Waals surface area contributed by atoms with Crippen molar-refractivity contribution < 1.29 is 13.9 Å². The lowest BCUT2D eigenvalue weighted by molar-refractivity contribution is 0.0715. The van der Waals surface area contributed by atoms with Crippen molar-refractivity contribution in [3.63, 3.8) is 0 Å². The van der Waals surface area contributed by atoms with Crippen LogP contribution < -0.4 is 15.1 Å². The predicted octanol–water partition coefficient (Wildman–Crippen LogP) is 3.73. The van der Waals surface area contributed by atoms with Crippen LogP contribution in [0, 0.1) is 0 Å². The number of amides is 1. The summed E-state index contributed by atoms with van der Waals surface area (Å²) >= 11 is 0. The van der Waals surface area contributed by atoms with Gasteiger partial charge >= 0.3 is 0 Å². The quantitative estimate of drug-likeness (QED) is 0.470. The fourth-order valence-electron chi connectivity index (χ4n) is 3.97. The van der Waals surface area contributed by atoms with E-state index in [0.717, 1.165) is 11.4 Å². The molecule has 1 aliphatic heterocycles. The second kappa shape index (κ2) is 9.16. The SMILES string of the molecule is O=C(c1cc(=O)c2c(OCc3ccccc3)cccc2o1)N1CCN(c2ccccn2)CC1. The first kappa shape index (κ1) is 20.8. The van der Waals surface area contributed by atoms with E-state index >= 15 is 0 Å². The number of benzene rings is 2. The van der Waals surface area contributed by atoms with E-state index in [9.17, 15) is 9.59 Å². The van der Waals surface area contributed by atoms with Gasteiger partial charge < -0.3 is 19.0 Å². The average molecular weight is 441 g/mol. The van der Waals surface area contributed by atoms with Crippen molar-refractivity contribution in [1.82, 2.24) is 9.88 Å². The van der Waals surface area contributed by atoms with Gasteiger partial charge in [-0.05, 0) is 29.8 Å². The summed E-state index contributed by atoms with van der Waals surface area (Å²) in [6.45, 7) is 2.71. The summed E-state index contributed by atoms with van der Waals surface area (Å²) < 4.78 is 11.8. The Balaban J connectivity index is 1.33. The topological polar surface area (TPSA) is 75.9 Å². The zero-order chi connectivity index (χ0) is 22.6. The summed E-state index contributed by atoms with van der Waals surface area (Å²) in [5.74, 6) is 1.09. The fraction of sp³-hybridized carbons (Fsp3) is 0.192. The molecule has 0 spiro atoms. The summed E-state index contributed by atoms with van der Waals surface area (Å²) in [6, 6.07) is 21.9. The van der Waals surface area contributed by atoms with E-state index < -0.39 is 0 Å². The zero-order valence-corrected chi connectivity index (χ0v) is 18.0. The lowest BCUT2D eigenvalue weighted by Crippen LogP contribution is -2.49. The lowest BCUT2D eigenvalue weighted by Gasteiger charge is -2.35. The first-order chi connectivity index (χ1) is 16.2. The molecule has 33 heavy (non-hydrogen) atoms. The van der Waals surface area contributed by atoms with Crippen LogP contribution in [0.15, 0.2) is 88.2 Å². The molecule has 2 aromatic carbocycles. The van der Waals surface area contributed by atoms with Gasteiger partial charge in [0.25, 0.3) is 5.91 Å². The number of hydrogen-bond acceptors (Lipinski definition) is 6. The normalized spacial score (nSPS) is 13.8. The standard InChI is InChI=1S/C26H23N3O4/c30-20-17-23(26(31)29-15-13-28(14-16-29)24-11-4-5-12-27-24)33-22-10-6-9-21(25(20)22)32-18-19-7-2-1-3-8-19/h1-12,17H,13-16,18H2. The molecular formula is C26H23N3O4. The fourth-order valence-corrected chi connectivity index (χ4v) is 3.97. The highest BCUT2D eigenvalue weighted by atomic mass is 16.5. The van der Waals surface area contributed by atoms with Crippen LogP contribution in [0.2, 0.25) is 0 Å². The predicted molar refractivity (Wildman–Crippen MR) is 126 cm³/mol. The molecule has 0 bridgehead atoms. The van der Waals surface area contributed by atoms with Crippen molar-refractivity contribution in [3.8, 4) is 5.75 Å². The van der Waals surface area contributed by atoms with Gasteiger partial charge in [-0.15, -0.1) is 0 Å². The van der Waals surface area contributed by atoms with Crippen LogP contribution in [-0.4, -0.2) is 42.0 Å². The summed E-state index contributed by atoms with van der Waals surface area (Å²) in [5.41, 5.74) is 1.04. The number of hydrogen-bond donors (Lipinski definition) is 0. The number of nitrogens with zero attached hydrogens (tertiary/aromatic N) is 3. The Labute approximate surface area is 190 Å². The van der Waals surface area contributed by atoms with E-state index in [-0.39, 0.29) is 17.1 Å². The van der Waals surface area contributed by atoms with Gasteiger partial charge in [-0.2, -0.15) is 0 Å². The average Bonchev–Trinajstić information content (AvgIpc) is 2.88. The number of piperazine rings is 1. The largest absolute Gasteiger partial charge is 0.488 e. The van der Waals surface area contributed by atoms with E-state index in [1.165, 1.54) is 6.07 Å². The Morgan fingerprint density at radius 2 is 1.73 bits per heavy atom. The third-order valence-electron chi connectivity index (χ3n) is 5.70. The van der Waals surface area contributed by atoms with Crippen molar-refractivity contribution in [3.05, 3.63) is 101 Å². The van der Waals surface area contributed by atoms with Gasteiger partial charge in [0.2, 0.25) is 0 Å². The number of carbonyl (C=O) groups is 1. The molecule has 1 amide bonds.